The molecule has 1 atom stereocenters. The van der Waals surface area contributed by atoms with Crippen LogP contribution < -0.4 is 0 Å². The molecule has 0 saturated carbocycles. The zero-order chi connectivity index (χ0) is 32.5. The van der Waals surface area contributed by atoms with Crippen molar-refractivity contribution in [2.75, 3.05) is 6.61 Å². The van der Waals surface area contributed by atoms with Crippen LogP contribution in [-0.4, -0.2) is 42.2 Å². The first-order chi connectivity index (χ1) is 23.6. The van der Waals surface area contributed by atoms with Crippen LogP contribution in [0.15, 0.2) is 140 Å². The Morgan fingerprint density at radius 1 is 0.729 bits per heavy atom. The first-order valence-electron chi connectivity index (χ1n) is 16.2. The molecule has 0 bridgehead atoms. The van der Waals surface area contributed by atoms with Crippen molar-refractivity contribution in [3.8, 4) is 22.6 Å². The first-order valence-corrected chi connectivity index (χ1v) is 16.2. The standard InChI is InChI=1S/C40H33N5O3/c46-39(47)30-14-12-13-28(25-30)37-34-26-29(22-23-35(34)45(42-37)36-21-10-11-24-48-36)38-41-27-44(43-38)40(31-15-4-1-5-16-31,32-17-6-2-7-18-32)33-19-8-3-9-20-33/h1-9,12-20,22-23,25-27,36H,10-11,21,24H2,(H,46,47). The summed E-state index contributed by atoms with van der Waals surface area (Å²) < 4.78 is 10.0. The first kappa shape index (κ1) is 29.5. The van der Waals surface area contributed by atoms with Gasteiger partial charge in [-0.15, -0.1) is 5.10 Å². The minimum absolute atomic E-state index is 0.191. The highest BCUT2D eigenvalue weighted by Crippen LogP contribution is 2.41. The molecule has 1 aliphatic heterocycles. The number of ether oxygens (including phenoxy) is 1. The quantitative estimate of drug-likeness (QED) is 0.170. The van der Waals surface area contributed by atoms with Crippen molar-refractivity contribution in [2.24, 2.45) is 0 Å². The molecule has 8 nitrogen and oxygen atoms in total. The molecule has 8 rings (SSSR count). The molecule has 0 aliphatic carbocycles. The molecule has 0 radical (unpaired) electrons. The van der Waals surface area contributed by atoms with Crippen LogP contribution in [0.1, 0.15) is 52.5 Å². The van der Waals surface area contributed by atoms with E-state index in [1.54, 1.807) is 18.2 Å². The molecule has 236 valence electrons. The van der Waals surface area contributed by atoms with E-state index >= 15 is 0 Å². The highest BCUT2D eigenvalue weighted by atomic mass is 16.5. The molecule has 7 aromatic rings. The van der Waals surface area contributed by atoms with Crippen LogP contribution in [0, 0.1) is 0 Å². The Hall–Kier alpha value is -5.86. The summed E-state index contributed by atoms with van der Waals surface area (Å²) in [5.74, 6) is -0.415. The normalized spacial score (nSPS) is 15.0. The number of carbonyl (C=O) groups is 1. The van der Waals surface area contributed by atoms with Gasteiger partial charge in [-0.05, 0) is 66.3 Å². The number of fused-ring (bicyclic) bond motifs is 1. The lowest BCUT2D eigenvalue weighted by atomic mass is 9.77. The monoisotopic (exact) mass is 631 g/mol. The van der Waals surface area contributed by atoms with Gasteiger partial charge in [0.15, 0.2) is 12.1 Å². The maximum atomic E-state index is 11.9. The Morgan fingerprint density at radius 2 is 1.40 bits per heavy atom. The number of benzene rings is 5. The molecule has 1 saturated heterocycles. The van der Waals surface area contributed by atoms with E-state index in [-0.39, 0.29) is 11.8 Å². The van der Waals surface area contributed by atoms with Gasteiger partial charge in [-0.2, -0.15) is 5.10 Å². The Morgan fingerprint density at radius 3 is 2.00 bits per heavy atom. The SMILES string of the molecule is O=C(O)c1cccc(-c2nn(C3CCCCO3)c3ccc(-c4ncn(C(c5ccccc5)(c5ccccc5)c5ccccc5)n4)cc23)c1. The van der Waals surface area contributed by atoms with Crippen LogP contribution in [-0.2, 0) is 10.3 Å². The van der Waals surface area contributed by atoms with Gasteiger partial charge in [-0.1, -0.05) is 103 Å². The van der Waals surface area contributed by atoms with Crippen molar-refractivity contribution in [2.45, 2.75) is 31.0 Å². The summed E-state index contributed by atoms with van der Waals surface area (Å²) in [7, 11) is 0. The smallest absolute Gasteiger partial charge is 0.335 e. The molecule has 0 amide bonds. The van der Waals surface area contributed by atoms with Gasteiger partial charge in [0.2, 0.25) is 0 Å². The van der Waals surface area contributed by atoms with Crippen molar-refractivity contribution in [3.05, 3.63) is 162 Å². The van der Waals surface area contributed by atoms with E-state index in [4.69, 9.17) is 19.9 Å². The Bertz CT molecular complexity index is 2110. The number of carboxylic acids is 1. The minimum Gasteiger partial charge on any atom is -0.478 e. The highest BCUT2D eigenvalue weighted by Gasteiger charge is 2.39. The lowest BCUT2D eigenvalue weighted by molar-refractivity contribution is -0.0365. The van der Waals surface area contributed by atoms with Gasteiger partial charge in [-0.25, -0.2) is 19.1 Å². The van der Waals surface area contributed by atoms with Crippen molar-refractivity contribution in [3.63, 3.8) is 0 Å². The van der Waals surface area contributed by atoms with Crippen LogP contribution >= 0.6 is 0 Å². The fraction of sp³-hybridized carbons (Fsp3) is 0.150. The molecule has 0 spiro atoms. The number of rotatable bonds is 8. The molecule has 3 heterocycles. The summed E-state index contributed by atoms with van der Waals surface area (Å²) in [4.78, 5) is 16.8. The lowest BCUT2D eigenvalue weighted by Crippen LogP contribution is -2.38. The van der Waals surface area contributed by atoms with E-state index in [0.29, 0.717) is 18.1 Å². The molecule has 48 heavy (non-hydrogen) atoms. The maximum Gasteiger partial charge on any atom is 0.335 e. The molecule has 5 aromatic carbocycles. The third-order valence-electron chi connectivity index (χ3n) is 9.19. The Balaban J connectivity index is 1.31. The number of aromatic nitrogens is 5. The van der Waals surface area contributed by atoms with E-state index in [2.05, 4.69) is 78.9 Å². The third-order valence-corrected chi connectivity index (χ3v) is 9.19. The zero-order valence-corrected chi connectivity index (χ0v) is 26.2. The Labute approximate surface area is 277 Å². The highest BCUT2D eigenvalue weighted by molar-refractivity contribution is 5.97. The Kier molecular flexibility index (Phi) is 7.62. The fourth-order valence-corrected chi connectivity index (χ4v) is 6.92. The maximum absolute atomic E-state index is 11.9. The number of aromatic carboxylic acids is 1. The summed E-state index contributed by atoms with van der Waals surface area (Å²) in [5, 5.41) is 20.8. The van der Waals surface area contributed by atoms with Gasteiger partial charge < -0.3 is 9.84 Å². The largest absolute Gasteiger partial charge is 0.478 e. The molecule has 1 fully saturated rings. The van der Waals surface area contributed by atoms with Crippen molar-refractivity contribution in [1.29, 1.82) is 0 Å². The van der Waals surface area contributed by atoms with Gasteiger partial charge in [0, 0.05) is 23.1 Å². The molecular formula is C40H33N5O3. The van der Waals surface area contributed by atoms with E-state index in [9.17, 15) is 9.90 Å². The average Bonchev–Trinajstić information content (AvgIpc) is 3.80. The second kappa shape index (κ2) is 12.4. The second-order valence-electron chi connectivity index (χ2n) is 12.1. The van der Waals surface area contributed by atoms with Gasteiger partial charge in [0.1, 0.15) is 17.6 Å². The van der Waals surface area contributed by atoms with Crippen LogP contribution in [0.25, 0.3) is 33.5 Å². The zero-order valence-electron chi connectivity index (χ0n) is 26.2. The van der Waals surface area contributed by atoms with E-state index in [1.165, 1.54) is 0 Å². The van der Waals surface area contributed by atoms with Gasteiger partial charge in [0.05, 0.1) is 11.1 Å². The molecule has 1 aliphatic rings. The fourth-order valence-electron chi connectivity index (χ4n) is 6.92. The van der Waals surface area contributed by atoms with Gasteiger partial charge >= 0.3 is 5.97 Å². The van der Waals surface area contributed by atoms with Crippen LogP contribution in [0.4, 0.5) is 0 Å². The summed E-state index contributed by atoms with van der Waals surface area (Å²) in [6.07, 6.45) is 4.56. The van der Waals surface area contributed by atoms with E-state index in [0.717, 1.165) is 58.0 Å². The predicted octanol–water partition coefficient (Wildman–Crippen LogP) is 8.20. The summed E-state index contributed by atoms with van der Waals surface area (Å²) in [5.41, 5.74) is 5.75. The molecule has 8 heteroatoms. The number of nitrogens with zero attached hydrogens (tertiary/aromatic N) is 5. The summed E-state index contributed by atoms with van der Waals surface area (Å²) >= 11 is 0. The second-order valence-corrected chi connectivity index (χ2v) is 12.1. The van der Waals surface area contributed by atoms with E-state index in [1.807, 2.05) is 52.1 Å². The van der Waals surface area contributed by atoms with E-state index < -0.39 is 11.5 Å². The van der Waals surface area contributed by atoms with Crippen LogP contribution in [0.3, 0.4) is 0 Å². The molecular weight excluding hydrogens is 598 g/mol. The van der Waals surface area contributed by atoms with Gasteiger partial charge in [0.25, 0.3) is 0 Å². The number of carboxylic acid groups (broad SMARTS) is 1. The summed E-state index contributed by atoms with van der Waals surface area (Å²) in [6.45, 7) is 0.682. The summed E-state index contributed by atoms with van der Waals surface area (Å²) in [6, 6.07) is 44.2. The van der Waals surface area contributed by atoms with Crippen molar-refractivity contribution in [1.82, 2.24) is 24.5 Å². The molecule has 1 unspecified atom stereocenters. The van der Waals surface area contributed by atoms with Gasteiger partial charge in [-0.3, -0.25) is 0 Å². The van der Waals surface area contributed by atoms with Crippen LogP contribution in [0.2, 0.25) is 0 Å². The number of hydrogen-bond acceptors (Lipinski definition) is 5. The van der Waals surface area contributed by atoms with Crippen molar-refractivity contribution >= 4 is 16.9 Å². The lowest BCUT2D eigenvalue weighted by Gasteiger charge is -2.35. The topological polar surface area (TPSA) is 95.1 Å². The minimum atomic E-state index is -0.981. The molecule has 2 aromatic heterocycles. The molecule has 1 N–H and O–H groups in total. The van der Waals surface area contributed by atoms with Crippen LogP contribution in [0.5, 0.6) is 0 Å². The average molecular weight is 632 g/mol. The number of hydrogen-bond donors (Lipinski definition) is 1. The van der Waals surface area contributed by atoms with Crippen molar-refractivity contribution < 1.29 is 14.6 Å². The predicted molar refractivity (Wildman–Crippen MR) is 185 cm³/mol. The third kappa shape index (κ3) is 5.07.